The Morgan fingerprint density at radius 1 is 1.24 bits per heavy atom. The third-order valence-electron chi connectivity index (χ3n) is 3.50. The molecule has 21 heavy (non-hydrogen) atoms. The van der Waals surface area contributed by atoms with Crippen molar-refractivity contribution in [3.8, 4) is 0 Å². The summed E-state index contributed by atoms with van der Waals surface area (Å²) in [6.07, 6.45) is 0. The molecule has 1 aromatic rings. The number of carbonyl (C=O) groups excluding carboxylic acids is 2. The Kier molecular flexibility index (Phi) is 5.49. The van der Waals surface area contributed by atoms with E-state index >= 15 is 0 Å². The summed E-state index contributed by atoms with van der Waals surface area (Å²) in [6.45, 7) is 7.31. The molecule has 2 N–H and O–H groups in total. The minimum absolute atomic E-state index is 0.0157. The van der Waals surface area contributed by atoms with E-state index in [4.69, 9.17) is 0 Å². The number of hydrogen-bond donors (Lipinski definition) is 2. The van der Waals surface area contributed by atoms with E-state index in [1.54, 1.807) is 31.3 Å². The van der Waals surface area contributed by atoms with Crippen LogP contribution < -0.4 is 5.32 Å². The Labute approximate surface area is 126 Å². The number of carbonyl (C=O) groups is 2. The molecular weight excluding hydrogens is 268 g/mol. The number of benzene rings is 1. The van der Waals surface area contributed by atoms with E-state index < -0.39 is 0 Å². The van der Waals surface area contributed by atoms with Crippen LogP contribution in [0.25, 0.3) is 0 Å². The van der Waals surface area contributed by atoms with Crippen LogP contribution in [0, 0.1) is 5.41 Å². The minimum atomic E-state index is -0.292. The molecule has 116 valence electrons. The van der Waals surface area contributed by atoms with E-state index in [9.17, 15) is 14.7 Å². The summed E-state index contributed by atoms with van der Waals surface area (Å²) in [5, 5.41) is 12.2. The van der Waals surface area contributed by atoms with Crippen molar-refractivity contribution in [3.63, 3.8) is 0 Å². The number of amides is 2. The van der Waals surface area contributed by atoms with Crippen LogP contribution in [-0.2, 0) is 0 Å². The molecule has 0 radical (unpaired) electrons. The van der Waals surface area contributed by atoms with Crippen LogP contribution >= 0.6 is 0 Å². The van der Waals surface area contributed by atoms with Crippen molar-refractivity contribution < 1.29 is 14.7 Å². The maximum Gasteiger partial charge on any atom is 0.321 e. The van der Waals surface area contributed by atoms with Crippen LogP contribution in [0.15, 0.2) is 24.3 Å². The van der Waals surface area contributed by atoms with Crippen LogP contribution in [0.5, 0.6) is 0 Å². The highest BCUT2D eigenvalue weighted by Gasteiger charge is 2.30. The fraction of sp³-hybridized carbons (Fsp3) is 0.500. The van der Waals surface area contributed by atoms with Gasteiger partial charge in [-0.15, -0.1) is 0 Å². The quantitative estimate of drug-likeness (QED) is 0.838. The van der Waals surface area contributed by atoms with Gasteiger partial charge in [-0.05, 0) is 36.6 Å². The monoisotopic (exact) mass is 292 g/mol. The standard InChI is InChI=1S/C16H24N2O3/c1-11(20)12-6-8-13(9-7-12)17-15(21)18(5)14(10-19)16(2,3)4/h6-9,14,19H,10H2,1-5H3,(H,17,21)/t14-/m1/s1. The van der Waals surface area contributed by atoms with E-state index in [-0.39, 0.29) is 29.9 Å². The Hall–Kier alpha value is -1.88. The first kappa shape index (κ1) is 17.2. The van der Waals surface area contributed by atoms with Gasteiger partial charge in [-0.3, -0.25) is 4.79 Å². The second-order valence-corrected chi connectivity index (χ2v) is 6.24. The highest BCUT2D eigenvalue weighted by Crippen LogP contribution is 2.23. The number of ketones is 1. The lowest BCUT2D eigenvalue weighted by Crippen LogP contribution is -2.48. The lowest BCUT2D eigenvalue weighted by molar-refractivity contribution is 0.0886. The van der Waals surface area contributed by atoms with Crippen molar-refractivity contribution in [2.24, 2.45) is 5.41 Å². The topological polar surface area (TPSA) is 69.6 Å². The van der Waals surface area contributed by atoms with Crippen molar-refractivity contribution in [2.45, 2.75) is 33.7 Å². The number of nitrogens with zero attached hydrogens (tertiary/aromatic N) is 1. The maximum atomic E-state index is 12.2. The minimum Gasteiger partial charge on any atom is -0.394 e. The number of rotatable bonds is 4. The lowest BCUT2D eigenvalue weighted by Gasteiger charge is -2.36. The van der Waals surface area contributed by atoms with E-state index in [2.05, 4.69) is 5.32 Å². The Morgan fingerprint density at radius 2 is 1.76 bits per heavy atom. The molecular formula is C16H24N2O3. The van der Waals surface area contributed by atoms with Gasteiger partial charge in [0.05, 0.1) is 12.6 Å². The fourth-order valence-electron chi connectivity index (χ4n) is 2.12. The molecule has 0 spiro atoms. The average molecular weight is 292 g/mol. The average Bonchev–Trinajstić information content (AvgIpc) is 2.38. The smallest absolute Gasteiger partial charge is 0.321 e. The molecule has 1 rings (SSSR count). The molecule has 2 amide bonds. The third-order valence-corrected chi connectivity index (χ3v) is 3.50. The number of aliphatic hydroxyl groups is 1. The van der Waals surface area contributed by atoms with Gasteiger partial charge in [0.25, 0.3) is 0 Å². The Balaban J connectivity index is 2.78. The van der Waals surface area contributed by atoms with Crippen LogP contribution in [0.3, 0.4) is 0 Å². The lowest BCUT2D eigenvalue weighted by atomic mass is 9.86. The number of aliphatic hydroxyl groups excluding tert-OH is 1. The molecule has 5 nitrogen and oxygen atoms in total. The summed E-state index contributed by atoms with van der Waals surface area (Å²) in [4.78, 5) is 24.9. The zero-order chi connectivity index (χ0) is 16.2. The Bertz CT molecular complexity index is 503. The number of hydrogen-bond acceptors (Lipinski definition) is 3. The second-order valence-electron chi connectivity index (χ2n) is 6.24. The number of anilines is 1. The summed E-state index contributed by atoms with van der Waals surface area (Å²) in [6, 6.07) is 6.14. The van der Waals surface area contributed by atoms with Crippen LogP contribution in [0.4, 0.5) is 10.5 Å². The van der Waals surface area contributed by atoms with Gasteiger partial charge in [0.2, 0.25) is 0 Å². The molecule has 0 saturated carbocycles. The number of urea groups is 1. The molecule has 0 fully saturated rings. The van der Waals surface area contributed by atoms with E-state index in [0.717, 1.165) is 0 Å². The van der Waals surface area contributed by atoms with E-state index in [1.807, 2.05) is 20.8 Å². The first-order chi connectivity index (χ1) is 9.66. The number of Topliss-reactive ketones (excluding diaryl/α,β-unsaturated/α-hetero) is 1. The van der Waals surface area contributed by atoms with E-state index in [1.165, 1.54) is 11.8 Å². The van der Waals surface area contributed by atoms with Gasteiger partial charge < -0.3 is 15.3 Å². The highest BCUT2D eigenvalue weighted by atomic mass is 16.3. The molecule has 0 heterocycles. The van der Waals surface area contributed by atoms with Crippen molar-refractivity contribution in [1.82, 2.24) is 4.90 Å². The van der Waals surface area contributed by atoms with Crippen molar-refractivity contribution >= 4 is 17.5 Å². The predicted molar refractivity (Wildman–Crippen MR) is 83.6 cm³/mol. The van der Waals surface area contributed by atoms with Gasteiger partial charge in [-0.1, -0.05) is 20.8 Å². The van der Waals surface area contributed by atoms with Crippen molar-refractivity contribution in [3.05, 3.63) is 29.8 Å². The summed E-state index contributed by atoms with van der Waals surface area (Å²) in [5.41, 5.74) is 0.992. The summed E-state index contributed by atoms with van der Waals surface area (Å²) < 4.78 is 0. The summed E-state index contributed by atoms with van der Waals surface area (Å²) in [5.74, 6) is -0.0157. The Morgan fingerprint density at radius 3 is 2.14 bits per heavy atom. The molecule has 0 aromatic heterocycles. The normalized spacial score (nSPS) is 12.7. The zero-order valence-corrected chi connectivity index (χ0v) is 13.3. The summed E-state index contributed by atoms with van der Waals surface area (Å²) in [7, 11) is 1.66. The highest BCUT2D eigenvalue weighted by molar-refractivity contribution is 5.95. The predicted octanol–water partition coefficient (Wildman–Crippen LogP) is 2.76. The van der Waals surface area contributed by atoms with Gasteiger partial charge in [0, 0.05) is 18.3 Å². The van der Waals surface area contributed by atoms with Crippen LogP contribution in [0.1, 0.15) is 38.1 Å². The van der Waals surface area contributed by atoms with Gasteiger partial charge >= 0.3 is 6.03 Å². The van der Waals surface area contributed by atoms with Gasteiger partial charge in [0.1, 0.15) is 0 Å². The molecule has 1 atom stereocenters. The third kappa shape index (κ3) is 4.56. The SMILES string of the molecule is CC(=O)c1ccc(NC(=O)N(C)[C@H](CO)C(C)(C)C)cc1. The van der Waals surface area contributed by atoms with Crippen molar-refractivity contribution in [1.29, 1.82) is 0 Å². The van der Waals surface area contributed by atoms with Crippen molar-refractivity contribution in [2.75, 3.05) is 19.0 Å². The first-order valence-corrected chi connectivity index (χ1v) is 6.92. The molecule has 5 heteroatoms. The molecule has 0 bridgehead atoms. The molecule has 0 unspecified atom stereocenters. The maximum absolute atomic E-state index is 12.2. The summed E-state index contributed by atoms with van der Waals surface area (Å²) >= 11 is 0. The molecule has 1 aromatic carbocycles. The fourth-order valence-corrected chi connectivity index (χ4v) is 2.12. The molecule has 0 saturated heterocycles. The van der Waals surface area contributed by atoms with Crippen LogP contribution in [-0.4, -0.2) is 41.5 Å². The van der Waals surface area contributed by atoms with Gasteiger partial charge in [-0.25, -0.2) is 4.79 Å². The molecule has 0 aliphatic rings. The zero-order valence-electron chi connectivity index (χ0n) is 13.3. The van der Waals surface area contributed by atoms with Crippen LogP contribution in [0.2, 0.25) is 0 Å². The van der Waals surface area contributed by atoms with Gasteiger partial charge in [-0.2, -0.15) is 0 Å². The molecule has 0 aliphatic heterocycles. The first-order valence-electron chi connectivity index (χ1n) is 6.92. The van der Waals surface area contributed by atoms with Gasteiger partial charge in [0.15, 0.2) is 5.78 Å². The second kappa shape index (κ2) is 6.72. The number of nitrogens with one attached hydrogen (secondary N) is 1. The van der Waals surface area contributed by atoms with E-state index in [0.29, 0.717) is 11.3 Å². The largest absolute Gasteiger partial charge is 0.394 e. The number of likely N-dealkylation sites (N-methyl/N-ethyl adjacent to an activating group) is 1. The molecule has 0 aliphatic carbocycles.